The first-order valence-corrected chi connectivity index (χ1v) is 7.16. The fourth-order valence-corrected chi connectivity index (χ4v) is 2.96. The molecule has 21 heavy (non-hydrogen) atoms. The summed E-state index contributed by atoms with van der Waals surface area (Å²) >= 11 is 0. The first kappa shape index (κ1) is 13.6. The molecule has 2 aromatic carbocycles. The molecule has 2 unspecified atom stereocenters. The summed E-state index contributed by atoms with van der Waals surface area (Å²) in [4.78, 5) is 23.6. The highest BCUT2D eigenvalue weighted by molar-refractivity contribution is 6.03. The number of nitrogens with one attached hydrogen (secondary N) is 1. The van der Waals surface area contributed by atoms with Crippen molar-refractivity contribution in [1.82, 2.24) is 5.32 Å². The molecule has 2 amide bonds. The summed E-state index contributed by atoms with van der Waals surface area (Å²) in [5.74, 6) is -0.566. The lowest BCUT2D eigenvalue weighted by atomic mass is 9.80. The molecule has 2 atom stereocenters. The molecule has 0 spiro atoms. The first-order valence-electron chi connectivity index (χ1n) is 7.16. The minimum absolute atomic E-state index is 0.0278. The standard InChI is InChI=1S/C18H17NO2/c20-17-12-16(18(21)19-17)15(14-9-5-2-6-10-14)11-13-7-3-1-4-8-13/h1-10,15-16H,11-12H2,(H,19,20,21). The predicted octanol–water partition coefficient (Wildman–Crippen LogP) is 2.68. The van der Waals surface area contributed by atoms with Crippen molar-refractivity contribution >= 4 is 11.8 Å². The van der Waals surface area contributed by atoms with Crippen LogP contribution in [0.5, 0.6) is 0 Å². The number of hydrogen-bond acceptors (Lipinski definition) is 2. The van der Waals surface area contributed by atoms with E-state index < -0.39 is 0 Å². The van der Waals surface area contributed by atoms with E-state index >= 15 is 0 Å². The van der Waals surface area contributed by atoms with E-state index in [0.29, 0.717) is 0 Å². The molecule has 3 nitrogen and oxygen atoms in total. The molecular formula is C18H17NO2. The molecule has 3 rings (SSSR count). The molecule has 1 saturated heterocycles. The predicted molar refractivity (Wildman–Crippen MR) is 80.6 cm³/mol. The molecule has 1 N–H and O–H groups in total. The second-order valence-corrected chi connectivity index (χ2v) is 5.43. The molecule has 1 fully saturated rings. The Labute approximate surface area is 124 Å². The van der Waals surface area contributed by atoms with Gasteiger partial charge in [-0.05, 0) is 17.5 Å². The molecule has 106 valence electrons. The van der Waals surface area contributed by atoms with E-state index in [-0.39, 0.29) is 30.1 Å². The van der Waals surface area contributed by atoms with Crippen LogP contribution in [0.15, 0.2) is 60.7 Å². The van der Waals surface area contributed by atoms with Crippen LogP contribution in [0.4, 0.5) is 0 Å². The largest absolute Gasteiger partial charge is 0.296 e. The minimum Gasteiger partial charge on any atom is -0.296 e. The van der Waals surface area contributed by atoms with Gasteiger partial charge in [0.1, 0.15) is 0 Å². The van der Waals surface area contributed by atoms with E-state index in [0.717, 1.165) is 12.0 Å². The van der Waals surface area contributed by atoms with Gasteiger partial charge in [0, 0.05) is 12.3 Å². The zero-order valence-corrected chi connectivity index (χ0v) is 11.7. The number of carbonyl (C=O) groups is 2. The van der Waals surface area contributed by atoms with Crippen molar-refractivity contribution in [2.24, 2.45) is 5.92 Å². The van der Waals surface area contributed by atoms with Crippen LogP contribution in [0, 0.1) is 5.92 Å². The fourth-order valence-electron chi connectivity index (χ4n) is 2.96. The van der Waals surface area contributed by atoms with Gasteiger partial charge in [0.05, 0.1) is 5.92 Å². The van der Waals surface area contributed by atoms with E-state index in [1.54, 1.807) is 0 Å². The van der Waals surface area contributed by atoms with Crippen molar-refractivity contribution in [2.75, 3.05) is 0 Å². The third-order valence-corrected chi connectivity index (χ3v) is 4.02. The van der Waals surface area contributed by atoms with Gasteiger partial charge in [-0.15, -0.1) is 0 Å². The van der Waals surface area contributed by atoms with Gasteiger partial charge in [-0.25, -0.2) is 0 Å². The summed E-state index contributed by atoms with van der Waals surface area (Å²) in [6, 6.07) is 20.1. The zero-order chi connectivity index (χ0) is 14.7. The Hall–Kier alpha value is -2.42. The highest BCUT2D eigenvalue weighted by Crippen LogP contribution is 2.33. The molecule has 3 heteroatoms. The Morgan fingerprint density at radius 2 is 1.57 bits per heavy atom. The van der Waals surface area contributed by atoms with Crippen molar-refractivity contribution < 1.29 is 9.59 Å². The van der Waals surface area contributed by atoms with Crippen molar-refractivity contribution in [3.63, 3.8) is 0 Å². The quantitative estimate of drug-likeness (QED) is 0.875. The maximum Gasteiger partial charge on any atom is 0.230 e. The second kappa shape index (κ2) is 5.92. The second-order valence-electron chi connectivity index (χ2n) is 5.43. The van der Waals surface area contributed by atoms with Crippen molar-refractivity contribution in [3.8, 4) is 0 Å². The van der Waals surface area contributed by atoms with Gasteiger partial charge in [0.2, 0.25) is 11.8 Å². The van der Waals surface area contributed by atoms with Gasteiger partial charge in [-0.2, -0.15) is 0 Å². The molecule has 1 heterocycles. The Bertz CT molecular complexity index is 637. The normalized spacial score (nSPS) is 19.3. The maximum atomic E-state index is 12.1. The van der Waals surface area contributed by atoms with E-state index in [1.165, 1.54) is 5.56 Å². The van der Waals surface area contributed by atoms with Gasteiger partial charge in [0.15, 0.2) is 0 Å². The summed E-state index contributed by atoms with van der Waals surface area (Å²) in [7, 11) is 0. The summed E-state index contributed by atoms with van der Waals surface area (Å²) in [5, 5.41) is 2.43. The summed E-state index contributed by atoms with van der Waals surface area (Å²) in [6.45, 7) is 0. The van der Waals surface area contributed by atoms with Crippen LogP contribution in [0.25, 0.3) is 0 Å². The Morgan fingerprint density at radius 3 is 2.14 bits per heavy atom. The van der Waals surface area contributed by atoms with Gasteiger partial charge in [-0.1, -0.05) is 60.7 Å². The molecule has 0 bridgehead atoms. The number of hydrogen-bond donors (Lipinski definition) is 1. The lowest BCUT2D eigenvalue weighted by Crippen LogP contribution is -2.26. The Morgan fingerprint density at radius 1 is 0.952 bits per heavy atom. The summed E-state index contributed by atoms with van der Waals surface area (Å²) in [5.41, 5.74) is 2.29. The minimum atomic E-state index is -0.278. The monoisotopic (exact) mass is 279 g/mol. The zero-order valence-electron chi connectivity index (χ0n) is 11.7. The molecule has 0 saturated carbocycles. The Kier molecular flexibility index (Phi) is 3.82. The van der Waals surface area contributed by atoms with E-state index in [4.69, 9.17) is 0 Å². The number of rotatable bonds is 4. The molecule has 0 aromatic heterocycles. The van der Waals surface area contributed by atoms with E-state index in [1.807, 2.05) is 48.5 Å². The topological polar surface area (TPSA) is 46.2 Å². The lowest BCUT2D eigenvalue weighted by Gasteiger charge is -2.21. The van der Waals surface area contributed by atoms with Crippen LogP contribution in [0.1, 0.15) is 23.5 Å². The van der Waals surface area contributed by atoms with Crippen LogP contribution in [0.2, 0.25) is 0 Å². The summed E-state index contributed by atoms with van der Waals surface area (Å²) < 4.78 is 0. The average molecular weight is 279 g/mol. The third-order valence-electron chi connectivity index (χ3n) is 4.02. The van der Waals surface area contributed by atoms with Crippen molar-refractivity contribution in [2.45, 2.75) is 18.8 Å². The highest BCUT2D eigenvalue weighted by atomic mass is 16.2. The van der Waals surface area contributed by atoms with Gasteiger partial charge >= 0.3 is 0 Å². The maximum absolute atomic E-state index is 12.1. The highest BCUT2D eigenvalue weighted by Gasteiger charge is 2.37. The number of carbonyl (C=O) groups excluding carboxylic acids is 2. The SMILES string of the molecule is O=C1CC(C(Cc2ccccc2)c2ccccc2)C(=O)N1. The molecule has 1 aliphatic heterocycles. The van der Waals surface area contributed by atoms with Crippen LogP contribution in [-0.2, 0) is 16.0 Å². The van der Waals surface area contributed by atoms with Crippen LogP contribution >= 0.6 is 0 Å². The van der Waals surface area contributed by atoms with Gasteiger partial charge in [-0.3, -0.25) is 14.9 Å². The van der Waals surface area contributed by atoms with E-state index in [9.17, 15) is 9.59 Å². The van der Waals surface area contributed by atoms with E-state index in [2.05, 4.69) is 17.4 Å². The van der Waals surface area contributed by atoms with Crippen molar-refractivity contribution in [3.05, 3.63) is 71.8 Å². The molecule has 1 aliphatic rings. The van der Waals surface area contributed by atoms with Crippen molar-refractivity contribution in [1.29, 1.82) is 0 Å². The van der Waals surface area contributed by atoms with Gasteiger partial charge < -0.3 is 0 Å². The van der Waals surface area contributed by atoms with Gasteiger partial charge in [0.25, 0.3) is 0 Å². The average Bonchev–Trinajstić information content (AvgIpc) is 2.85. The molecular weight excluding hydrogens is 262 g/mol. The van der Waals surface area contributed by atoms with Crippen LogP contribution in [0.3, 0.4) is 0 Å². The fraction of sp³-hybridized carbons (Fsp3) is 0.222. The summed E-state index contributed by atoms with van der Waals surface area (Å²) in [6.07, 6.45) is 1.04. The molecule has 0 aliphatic carbocycles. The lowest BCUT2D eigenvalue weighted by molar-refractivity contribution is -0.126. The molecule has 2 aromatic rings. The van der Waals surface area contributed by atoms with Crippen LogP contribution in [-0.4, -0.2) is 11.8 Å². The molecule has 0 radical (unpaired) electrons. The number of benzene rings is 2. The number of amides is 2. The van der Waals surface area contributed by atoms with Crippen LogP contribution < -0.4 is 5.32 Å². The first-order chi connectivity index (χ1) is 10.2. The Balaban J connectivity index is 1.92. The third kappa shape index (κ3) is 3.02. The number of imide groups is 1. The smallest absolute Gasteiger partial charge is 0.230 e.